The van der Waals surface area contributed by atoms with E-state index in [1.165, 1.54) is 31.3 Å². The maximum atomic E-state index is 11.9. The van der Waals surface area contributed by atoms with Crippen molar-refractivity contribution in [1.29, 1.82) is 0 Å². The van der Waals surface area contributed by atoms with Gasteiger partial charge in [-0.1, -0.05) is 24.3 Å². The Morgan fingerprint density at radius 3 is 2.48 bits per heavy atom. The molecule has 0 unspecified atom stereocenters. The minimum absolute atomic E-state index is 0.0276. The van der Waals surface area contributed by atoms with E-state index in [4.69, 9.17) is 4.42 Å². The molecule has 1 aromatic heterocycles. The van der Waals surface area contributed by atoms with Crippen LogP contribution in [0, 0.1) is 6.92 Å². The van der Waals surface area contributed by atoms with Gasteiger partial charge in [-0.3, -0.25) is 0 Å². The van der Waals surface area contributed by atoms with Crippen molar-refractivity contribution >= 4 is 10.0 Å². The SMILES string of the molecule is Cc1ccccc1CNCc1ccc(S(=O)(=O)N(C)C)o1. The lowest BCUT2D eigenvalue weighted by atomic mass is 10.1. The lowest BCUT2D eigenvalue weighted by Gasteiger charge is -2.08. The average Bonchev–Trinajstić information content (AvgIpc) is 2.90. The Balaban J connectivity index is 1.97. The third-order valence-corrected chi connectivity index (χ3v) is 4.94. The summed E-state index contributed by atoms with van der Waals surface area (Å²) in [5, 5.41) is 3.22. The molecule has 6 heteroatoms. The Kier molecular flexibility index (Phi) is 4.82. The van der Waals surface area contributed by atoms with E-state index < -0.39 is 10.0 Å². The molecule has 0 aliphatic heterocycles. The van der Waals surface area contributed by atoms with Gasteiger partial charge in [0.2, 0.25) is 5.09 Å². The summed E-state index contributed by atoms with van der Waals surface area (Å²) in [4.78, 5) is 0. The Morgan fingerprint density at radius 2 is 1.81 bits per heavy atom. The Morgan fingerprint density at radius 1 is 1.10 bits per heavy atom. The predicted octanol–water partition coefficient (Wildman–Crippen LogP) is 2.13. The summed E-state index contributed by atoms with van der Waals surface area (Å²) in [6, 6.07) is 11.3. The third kappa shape index (κ3) is 3.72. The molecule has 0 aliphatic carbocycles. The van der Waals surface area contributed by atoms with Crippen molar-refractivity contribution in [2.75, 3.05) is 14.1 Å². The van der Waals surface area contributed by atoms with Crippen molar-refractivity contribution in [1.82, 2.24) is 9.62 Å². The Hall–Kier alpha value is -1.63. The highest BCUT2D eigenvalue weighted by Crippen LogP contribution is 2.17. The quantitative estimate of drug-likeness (QED) is 0.888. The van der Waals surface area contributed by atoms with Crippen molar-refractivity contribution in [3.8, 4) is 0 Å². The van der Waals surface area contributed by atoms with Crippen LogP contribution in [0.25, 0.3) is 0 Å². The number of benzene rings is 1. The molecule has 0 fully saturated rings. The van der Waals surface area contributed by atoms with E-state index in [2.05, 4.69) is 24.4 Å². The van der Waals surface area contributed by atoms with E-state index in [0.29, 0.717) is 18.8 Å². The number of nitrogens with zero attached hydrogens (tertiary/aromatic N) is 1. The second kappa shape index (κ2) is 6.43. The molecular weight excluding hydrogens is 288 g/mol. The van der Waals surface area contributed by atoms with Gasteiger partial charge in [0.15, 0.2) is 0 Å². The largest absolute Gasteiger partial charge is 0.447 e. The van der Waals surface area contributed by atoms with Crippen LogP contribution >= 0.6 is 0 Å². The fourth-order valence-corrected chi connectivity index (χ4v) is 2.71. The molecule has 21 heavy (non-hydrogen) atoms. The van der Waals surface area contributed by atoms with E-state index in [1.54, 1.807) is 6.07 Å². The maximum absolute atomic E-state index is 11.9. The van der Waals surface area contributed by atoms with Gasteiger partial charge in [-0.2, -0.15) is 0 Å². The summed E-state index contributed by atoms with van der Waals surface area (Å²) in [7, 11) is -0.541. The predicted molar refractivity (Wildman–Crippen MR) is 81.3 cm³/mol. The zero-order valence-electron chi connectivity index (χ0n) is 12.5. The smallest absolute Gasteiger partial charge is 0.275 e. The molecule has 0 aliphatic rings. The zero-order valence-corrected chi connectivity index (χ0v) is 13.3. The Labute approximate surface area is 125 Å². The fourth-order valence-electron chi connectivity index (χ4n) is 1.90. The van der Waals surface area contributed by atoms with Crippen molar-refractivity contribution in [2.45, 2.75) is 25.1 Å². The zero-order chi connectivity index (χ0) is 15.5. The molecule has 5 nitrogen and oxygen atoms in total. The first kappa shape index (κ1) is 15.8. The van der Waals surface area contributed by atoms with Gasteiger partial charge in [0.1, 0.15) is 5.76 Å². The standard InChI is InChI=1S/C15H20N2O3S/c1-12-6-4-5-7-13(12)10-16-11-14-8-9-15(20-14)21(18,19)17(2)3/h4-9,16H,10-11H2,1-3H3. The number of aryl methyl sites for hydroxylation is 1. The average molecular weight is 308 g/mol. The van der Waals surface area contributed by atoms with E-state index in [0.717, 1.165) is 4.31 Å². The first-order valence-corrected chi connectivity index (χ1v) is 8.12. The number of rotatable bonds is 6. The van der Waals surface area contributed by atoms with E-state index in [9.17, 15) is 8.42 Å². The molecule has 0 amide bonds. The molecule has 0 saturated heterocycles. The van der Waals surface area contributed by atoms with Crippen LogP contribution in [-0.4, -0.2) is 26.8 Å². The second-order valence-electron chi connectivity index (χ2n) is 5.04. The van der Waals surface area contributed by atoms with Gasteiger partial charge in [0.25, 0.3) is 10.0 Å². The van der Waals surface area contributed by atoms with Gasteiger partial charge in [0, 0.05) is 20.6 Å². The summed E-state index contributed by atoms with van der Waals surface area (Å²) < 4.78 is 30.3. The lowest BCUT2D eigenvalue weighted by molar-refractivity contribution is 0.389. The molecule has 0 bridgehead atoms. The van der Waals surface area contributed by atoms with E-state index in [1.807, 2.05) is 12.1 Å². The first-order valence-electron chi connectivity index (χ1n) is 6.67. The molecule has 2 rings (SSSR count). The monoisotopic (exact) mass is 308 g/mol. The summed E-state index contributed by atoms with van der Waals surface area (Å²) in [6.45, 7) is 3.26. The van der Waals surface area contributed by atoms with Gasteiger partial charge in [-0.05, 0) is 30.2 Å². The number of hydrogen-bond donors (Lipinski definition) is 1. The normalized spacial score (nSPS) is 12.0. The molecule has 0 radical (unpaired) electrons. The Bertz CT molecular complexity index is 705. The molecule has 0 atom stereocenters. The topological polar surface area (TPSA) is 62.6 Å². The number of furan rings is 1. The highest BCUT2D eigenvalue weighted by Gasteiger charge is 2.21. The van der Waals surface area contributed by atoms with E-state index in [-0.39, 0.29) is 5.09 Å². The highest BCUT2D eigenvalue weighted by molar-refractivity contribution is 7.88. The molecule has 2 aromatic rings. The van der Waals surface area contributed by atoms with Gasteiger partial charge in [-0.15, -0.1) is 0 Å². The van der Waals surface area contributed by atoms with Gasteiger partial charge >= 0.3 is 0 Å². The molecular formula is C15H20N2O3S. The molecule has 1 heterocycles. The summed E-state index contributed by atoms with van der Waals surface area (Å²) in [5.74, 6) is 0.601. The van der Waals surface area contributed by atoms with Crippen LogP contribution in [0.4, 0.5) is 0 Å². The second-order valence-corrected chi connectivity index (χ2v) is 7.12. The van der Waals surface area contributed by atoms with Crippen LogP contribution in [0.15, 0.2) is 45.9 Å². The lowest BCUT2D eigenvalue weighted by Crippen LogP contribution is -2.21. The highest BCUT2D eigenvalue weighted by atomic mass is 32.2. The van der Waals surface area contributed by atoms with Gasteiger partial charge < -0.3 is 9.73 Å². The van der Waals surface area contributed by atoms with Crippen molar-refractivity contribution < 1.29 is 12.8 Å². The van der Waals surface area contributed by atoms with E-state index >= 15 is 0 Å². The number of nitrogens with one attached hydrogen (secondary N) is 1. The first-order chi connectivity index (χ1) is 9.91. The molecule has 1 N–H and O–H groups in total. The van der Waals surface area contributed by atoms with Crippen LogP contribution in [0.1, 0.15) is 16.9 Å². The summed E-state index contributed by atoms with van der Waals surface area (Å²) >= 11 is 0. The number of sulfonamides is 1. The minimum Gasteiger partial charge on any atom is -0.447 e. The van der Waals surface area contributed by atoms with Gasteiger partial charge in [0.05, 0.1) is 6.54 Å². The van der Waals surface area contributed by atoms with Crippen LogP contribution in [0.3, 0.4) is 0 Å². The molecule has 114 valence electrons. The minimum atomic E-state index is -3.50. The summed E-state index contributed by atoms with van der Waals surface area (Å²) in [5.41, 5.74) is 2.44. The van der Waals surface area contributed by atoms with Crippen LogP contribution in [-0.2, 0) is 23.1 Å². The molecule has 1 aromatic carbocycles. The van der Waals surface area contributed by atoms with Crippen LogP contribution in [0.5, 0.6) is 0 Å². The maximum Gasteiger partial charge on any atom is 0.275 e. The fraction of sp³-hybridized carbons (Fsp3) is 0.333. The van der Waals surface area contributed by atoms with Gasteiger partial charge in [-0.25, -0.2) is 12.7 Å². The number of hydrogen-bond acceptors (Lipinski definition) is 4. The molecule has 0 spiro atoms. The van der Waals surface area contributed by atoms with Crippen molar-refractivity contribution in [3.05, 3.63) is 53.3 Å². The third-order valence-electron chi connectivity index (χ3n) is 3.25. The van der Waals surface area contributed by atoms with Crippen molar-refractivity contribution in [2.24, 2.45) is 0 Å². The van der Waals surface area contributed by atoms with Crippen molar-refractivity contribution in [3.63, 3.8) is 0 Å². The summed E-state index contributed by atoms with van der Waals surface area (Å²) in [6.07, 6.45) is 0. The van der Waals surface area contributed by atoms with Crippen LogP contribution < -0.4 is 5.32 Å². The van der Waals surface area contributed by atoms with Crippen LogP contribution in [0.2, 0.25) is 0 Å². The molecule has 0 saturated carbocycles.